The van der Waals surface area contributed by atoms with Gasteiger partial charge in [0.25, 0.3) is 0 Å². The summed E-state index contributed by atoms with van der Waals surface area (Å²) in [5.41, 5.74) is 1.29. The number of thiophene rings is 1. The second-order valence-corrected chi connectivity index (χ2v) is 6.04. The Morgan fingerprint density at radius 3 is 2.60 bits per heavy atom. The van der Waals surface area contributed by atoms with E-state index in [9.17, 15) is 5.11 Å². The topological polar surface area (TPSA) is 32.3 Å². The van der Waals surface area contributed by atoms with Gasteiger partial charge in [-0.3, -0.25) is 0 Å². The molecule has 2 N–H and O–H groups in total. The number of aryl methyl sites for hydroxylation is 1. The lowest BCUT2D eigenvalue weighted by Gasteiger charge is -2.25. The van der Waals surface area contributed by atoms with Crippen molar-refractivity contribution in [2.24, 2.45) is 5.41 Å². The number of nitrogens with one attached hydrogen (secondary N) is 1. The fourth-order valence-electron chi connectivity index (χ4n) is 1.21. The molecule has 1 aromatic heterocycles. The molecule has 1 aromatic rings. The molecule has 0 aliphatic rings. The van der Waals surface area contributed by atoms with Crippen molar-refractivity contribution in [1.29, 1.82) is 0 Å². The highest BCUT2D eigenvalue weighted by Crippen LogP contribution is 2.19. The molecule has 0 saturated heterocycles. The summed E-state index contributed by atoms with van der Waals surface area (Å²) < 4.78 is 0. The third kappa shape index (κ3) is 3.93. The van der Waals surface area contributed by atoms with Gasteiger partial charge in [0.15, 0.2) is 0 Å². The van der Waals surface area contributed by atoms with E-state index >= 15 is 0 Å². The van der Waals surface area contributed by atoms with Gasteiger partial charge in [-0.1, -0.05) is 20.8 Å². The summed E-state index contributed by atoms with van der Waals surface area (Å²) in [5, 5.41) is 15.2. The second kappa shape index (κ2) is 5.10. The van der Waals surface area contributed by atoms with Gasteiger partial charge in [-0.05, 0) is 29.3 Å². The number of hydrogen-bond acceptors (Lipinski definition) is 3. The lowest BCUT2D eigenvalue weighted by molar-refractivity contribution is 0.0628. The third-order valence-electron chi connectivity index (χ3n) is 2.59. The van der Waals surface area contributed by atoms with Gasteiger partial charge in [-0.25, -0.2) is 0 Å². The molecule has 1 rings (SSSR count). The van der Waals surface area contributed by atoms with Crippen LogP contribution in [0.15, 0.2) is 11.4 Å². The van der Waals surface area contributed by atoms with Crippen molar-refractivity contribution in [2.75, 3.05) is 6.54 Å². The van der Waals surface area contributed by atoms with Crippen LogP contribution in [0.25, 0.3) is 0 Å². The summed E-state index contributed by atoms with van der Waals surface area (Å²) in [5.74, 6) is 0. The van der Waals surface area contributed by atoms with E-state index in [0.717, 1.165) is 6.54 Å². The molecular weight excluding hydrogens is 206 g/mol. The summed E-state index contributed by atoms with van der Waals surface area (Å²) in [7, 11) is 0. The van der Waals surface area contributed by atoms with E-state index in [1.54, 1.807) is 11.3 Å². The molecule has 3 heteroatoms. The van der Waals surface area contributed by atoms with Crippen LogP contribution < -0.4 is 5.32 Å². The van der Waals surface area contributed by atoms with Gasteiger partial charge in [0, 0.05) is 18.0 Å². The minimum atomic E-state index is -0.294. The Hall–Kier alpha value is -0.380. The van der Waals surface area contributed by atoms with E-state index in [4.69, 9.17) is 0 Å². The van der Waals surface area contributed by atoms with Crippen LogP contribution in [0.4, 0.5) is 0 Å². The van der Waals surface area contributed by atoms with Crippen LogP contribution in [0.2, 0.25) is 0 Å². The van der Waals surface area contributed by atoms with Gasteiger partial charge in [0.05, 0.1) is 6.10 Å². The first-order valence-electron chi connectivity index (χ1n) is 5.33. The van der Waals surface area contributed by atoms with Gasteiger partial charge < -0.3 is 10.4 Å². The Bertz CT molecular complexity index is 301. The van der Waals surface area contributed by atoms with Crippen LogP contribution in [-0.2, 0) is 6.54 Å². The highest BCUT2D eigenvalue weighted by Gasteiger charge is 2.21. The molecule has 0 fully saturated rings. The maximum Gasteiger partial charge on any atom is 0.0712 e. The summed E-state index contributed by atoms with van der Waals surface area (Å²) in [6, 6.07) is 2.13. The third-order valence-corrected chi connectivity index (χ3v) is 3.61. The van der Waals surface area contributed by atoms with Gasteiger partial charge in [0.1, 0.15) is 0 Å². The van der Waals surface area contributed by atoms with E-state index in [0.29, 0.717) is 6.54 Å². The van der Waals surface area contributed by atoms with Gasteiger partial charge in [0.2, 0.25) is 0 Å². The quantitative estimate of drug-likeness (QED) is 0.828. The molecule has 0 saturated carbocycles. The molecule has 0 amide bonds. The number of aliphatic hydroxyl groups excluding tert-OH is 1. The first-order valence-corrected chi connectivity index (χ1v) is 6.21. The Kier molecular flexibility index (Phi) is 4.32. The van der Waals surface area contributed by atoms with Crippen molar-refractivity contribution in [3.8, 4) is 0 Å². The van der Waals surface area contributed by atoms with Gasteiger partial charge in [-0.15, -0.1) is 11.3 Å². The molecule has 2 nitrogen and oxygen atoms in total. The van der Waals surface area contributed by atoms with Crippen molar-refractivity contribution in [3.63, 3.8) is 0 Å². The zero-order valence-corrected chi connectivity index (χ0v) is 10.8. The zero-order chi connectivity index (χ0) is 11.5. The predicted molar refractivity (Wildman–Crippen MR) is 66.2 cm³/mol. The maximum atomic E-state index is 9.82. The minimum absolute atomic E-state index is 0.0442. The number of rotatable bonds is 4. The molecule has 86 valence electrons. The van der Waals surface area contributed by atoms with Crippen molar-refractivity contribution in [3.05, 3.63) is 21.9 Å². The van der Waals surface area contributed by atoms with Crippen LogP contribution in [-0.4, -0.2) is 17.8 Å². The average Bonchev–Trinajstić information content (AvgIpc) is 2.50. The van der Waals surface area contributed by atoms with Crippen LogP contribution >= 0.6 is 11.3 Å². The Morgan fingerprint density at radius 1 is 1.47 bits per heavy atom. The van der Waals surface area contributed by atoms with E-state index in [-0.39, 0.29) is 11.5 Å². The minimum Gasteiger partial charge on any atom is -0.391 e. The molecule has 0 bridgehead atoms. The van der Waals surface area contributed by atoms with Crippen molar-refractivity contribution in [2.45, 2.75) is 40.3 Å². The van der Waals surface area contributed by atoms with E-state index in [1.807, 2.05) is 0 Å². The Morgan fingerprint density at radius 2 is 2.13 bits per heavy atom. The number of hydrogen-bond donors (Lipinski definition) is 2. The van der Waals surface area contributed by atoms with Crippen LogP contribution in [0.3, 0.4) is 0 Å². The number of aliphatic hydroxyl groups is 1. The summed E-state index contributed by atoms with van der Waals surface area (Å²) >= 11 is 1.76. The largest absolute Gasteiger partial charge is 0.391 e. The van der Waals surface area contributed by atoms with Crippen LogP contribution in [0.5, 0.6) is 0 Å². The first kappa shape index (κ1) is 12.7. The summed E-state index contributed by atoms with van der Waals surface area (Å²) in [6.45, 7) is 9.78. The normalized spacial score (nSPS) is 14.2. The van der Waals surface area contributed by atoms with E-state index in [1.165, 1.54) is 10.4 Å². The molecule has 1 heterocycles. The van der Waals surface area contributed by atoms with Crippen LogP contribution in [0.1, 0.15) is 31.2 Å². The molecule has 0 aliphatic heterocycles. The highest BCUT2D eigenvalue weighted by atomic mass is 32.1. The summed E-state index contributed by atoms with van der Waals surface area (Å²) in [6.07, 6.45) is -0.294. The first-order chi connectivity index (χ1) is 6.91. The molecule has 15 heavy (non-hydrogen) atoms. The van der Waals surface area contributed by atoms with Crippen molar-refractivity contribution in [1.82, 2.24) is 5.32 Å². The molecule has 1 atom stereocenters. The molecular formula is C12H21NOS. The average molecular weight is 227 g/mol. The predicted octanol–water partition coefficient (Wildman–Crippen LogP) is 2.55. The van der Waals surface area contributed by atoms with Crippen LogP contribution in [0, 0.1) is 12.3 Å². The van der Waals surface area contributed by atoms with Gasteiger partial charge >= 0.3 is 0 Å². The lowest BCUT2D eigenvalue weighted by Crippen LogP contribution is -2.36. The maximum absolute atomic E-state index is 9.82. The van der Waals surface area contributed by atoms with Crippen molar-refractivity contribution >= 4 is 11.3 Å². The lowest BCUT2D eigenvalue weighted by atomic mass is 9.89. The molecule has 0 aromatic carbocycles. The molecule has 1 unspecified atom stereocenters. The molecule has 0 radical (unpaired) electrons. The van der Waals surface area contributed by atoms with E-state index < -0.39 is 0 Å². The fraction of sp³-hybridized carbons (Fsp3) is 0.667. The van der Waals surface area contributed by atoms with Crippen molar-refractivity contribution < 1.29 is 5.11 Å². The highest BCUT2D eigenvalue weighted by molar-refractivity contribution is 7.10. The fourth-order valence-corrected chi connectivity index (χ4v) is 2.09. The molecule has 0 aliphatic carbocycles. The Labute approximate surface area is 96.3 Å². The molecule has 0 spiro atoms. The summed E-state index contributed by atoms with van der Waals surface area (Å²) in [4.78, 5) is 1.36. The zero-order valence-electron chi connectivity index (χ0n) is 10.0. The second-order valence-electron chi connectivity index (χ2n) is 5.04. The van der Waals surface area contributed by atoms with Gasteiger partial charge in [-0.2, -0.15) is 0 Å². The monoisotopic (exact) mass is 227 g/mol. The Balaban J connectivity index is 2.31. The smallest absolute Gasteiger partial charge is 0.0712 e. The SMILES string of the molecule is Cc1ccsc1CNCC(O)C(C)(C)C. The van der Waals surface area contributed by atoms with E-state index in [2.05, 4.69) is 44.5 Å². The standard InChI is InChI=1S/C12H21NOS/c1-9-5-6-15-10(9)7-13-8-11(14)12(2,3)4/h5-6,11,13-14H,7-8H2,1-4H3.